The van der Waals surface area contributed by atoms with Gasteiger partial charge in [-0.15, -0.1) is 0 Å². The van der Waals surface area contributed by atoms with Gasteiger partial charge < -0.3 is 0 Å². The largest absolute Gasteiger partial charge is 0.278 e. The Balaban J connectivity index is 1.97. The van der Waals surface area contributed by atoms with Gasteiger partial charge in [-0.05, 0) is 24.3 Å². The highest BCUT2D eigenvalue weighted by Crippen LogP contribution is 2.04. The van der Waals surface area contributed by atoms with E-state index in [0.717, 1.165) is 11.4 Å². The van der Waals surface area contributed by atoms with Gasteiger partial charge in [-0.25, -0.2) is 0 Å². The van der Waals surface area contributed by atoms with E-state index in [1.165, 1.54) is 0 Å². The number of para-hydroxylation sites is 1. The lowest BCUT2D eigenvalue weighted by molar-refractivity contribution is 1.28. The molecule has 0 saturated heterocycles. The van der Waals surface area contributed by atoms with Gasteiger partial charge in [-0.3, -0.25) is 10.4 Å². The van der Waals surface area contributed by atoms with Crippen LogP contribution in [0.5, 0.6) is 0 Å². The van der Waals surface area contributed by atoms with Gasteiger partial charge in [0.25, 0.3) is 0 Å². The van der Waals surface area contributed by atoms with Crippen LogP contribution < -0.4 is 5.43 Å². The second-order valence-corrected chi connectivity index (χ2v) is 2.99. The number of nitrogens with one attached hydrogen (secondary N) is 1. The van der Waals surface area contributed by atoms with Crippen molar-refractivity contribution in [2.45, 2.75) is 0 Å². The van der Waals surface area contributed by atoms with E-state index in [1.54, 1.807) is 12.4 Å². The highest BCUT2D eigenvalue weighted by molar-refractivity contribution is 5.77. The van der Waals surface area contributed by atoms with E-state index in [2.05, 4.69) is 15.5 Å². The summed E-state index contributed by atoms with van der Waals surface area (Å²) >= 11 is 0. The van der Waals surface area contributed by atoms with Gasteiger partial charge in [0, 0.05) is 6.20 Å². The third-order valence-corrected chi connectivity index (χ3v) is 1.85. The lowest BCUT2D eigenvalue weighted by Crippen LogP contribution is -1.91. The minimum atomic E-state index is 0.834. The molecule has 2 rings (SSSR count). The molecule has 2 aromatic rings. The summed E-state index contributed by atoms with van der Waals surface area (Å²) in [4.78, 5) is 4.12. The molecule has 1 aromatic heterocycles. The van der Waals surface area contributed by atoms with Crippen LogP contribution in [0.3, 0.4) is 0 Å². The van der Waals surface area contributed by atoms with Crippen molar-refractivity contribution in [1.82, 2.24) is 4.98 Å². The molecule has 0 amide bonds. The molecular weight excluding hydrogens is 186 g/mol. The molecule has 0 fully saturated rings. The predicted octanol–water partition coefficient (Wildman–Crippen LogP) is 2.53. The zero-order chi connectivity index (χ0) is 10.3. The van der Waals surface area contributed by atoms with Crippen molar-refractivity contribution >= 4 is 11.9 Å². The van der Waals surface area contributed by atoms with E-state index < -0.39 is 0 Å². The summed E-state index contributed by atoms with van der Waals surface area (Å²) in [5, 5.41) is 4.07. The van der Waals surface area contributed by atoms with Crippen LogP contribution in [0.1, 0.15) is 5.69 Å². The number of pyridine rings is 1. The van der Waals surface area contributed by atoms with Gasteiger partial charge >= 0.3 is 0 Å². The van der Waals surface area contributed by atoms with Gasteiger partial charge in [-0.1, -0.05) is 24.3 Å². The fraction of sp³-hybridized carbons (Fsp3) is 0. The fourth-order valence-electron chi connectivity index (χ4n) is 1.14. The fourth-order valence-corrected chi connectivity index (χ4v) is 1.14. The molecule has 1 heterocycles. The van der Waals surface area contributed by atoms with Crippen molar-refractivity contribution in [3.05, 3.63) is 60.4 Å². The van der Waals surface area contributed by atoms with Crippen LogP contribution >= 0.6 is 0 Å². The van der Waals surface area contributed by atoms with Gasteiger partial charge in [-0.2, -0.15) is 5.10 Å². The normalized spacial score (nSPS) is 10.4. The van der Waals surface area contributed by atoms with Crippen LogP contribution in [-0.4, -0.2) is 11.2 Å². The molecule has 0 aliphatic heterocycles. The number of anilines is 1. The summed E-state index contributed by atoms with van der Waals surface area (Å²) in [6, 6.07) is 15.5. The SMILES string of the molecule is C(=N/Nc1ccccc1)/c1ccccn1. The monoisotopic (exact) mass is 197 g/mol. The Kier molecular flexibility index (Phi) is 3.07. The van der Waals surface area contributed by atoms with E-state index in [-0.39, 0.29) is 0 Å². The van der Waals surface area contributed by atoms with Crippen LogP contribution in [0.15, 0.2) is 59.8 Å². The molecule has 0 bridgehead atoms. The van der Waals surface area contributed by atoms with E-state index in [4.69, 9.17) is 0 Å². The first-order valence-corrected chi connectivity index (χ1v) is 4.70. The molecule has 0 aliphatic rings. The molecule has 3 nitrogen and oxygen atoms in total. The van der Waals surface area contributed by atoms with E-state index in [0.29, 0.717) is 0 Å². The molecular formula is C12H11N3. The Morgan fingerprint density at radius 1 is 1.00 bits per heavy atom. The summed E-state index contributed by atoms with van der Waals surface area (Å²) in [6.07, 6.45) is 3.43. The van der Waals surface area contributed by atoms with Gasteiger partial charge in [0.15, 0.2) is 0 Å². The lowest BCUT2D eigenvalue weighted by atomic mass is 10.3. The van der Waals surface area contributed by atoms with Crippen molar-refractivity contribution in [3.8, 4) is 0 Å². The zero-order valence-electron chi connectivity index (χ0n) is 8.17. The molecule has 74 valence electrons. The Labute approximate surface area is 88.5 Å². The van der Waals surface area contributed by atoms with Gasteiger partial charge in [0.1, 0.15) is 0 Å². The lowest BCUT2D eigenvalue weighted by Gasteiger charge is -1.97. The van der Waals surface area contributed by atoms with Crippen LogP contribution in [0.2, 0.25) is 0 Å². The molecule has 1 aromatic carbocycles. The van der Waals surface area contributed by atoms with E-state index >= 15 is 0 Å². The van der Waals surface area contributed by atoms with Crippen LogP contribution in [0.4, 0.5) is 5.69 Å². The molecule has 0 unspecified atom stereocenters. The third kappa shape index (κ3) is 2.91. The summed E-state index contributed by atoms with van der Waals surface area (Å²) in [6.45, 7) is 0. The first kappa shape index (κ1) is 9.40. The average molecular weight is 197 g/mol. The highest BCUT2D eigenvalue weighted by atomic mass is 15.3. The van der Waals surface area contributed by atoms with Crippen molar-refractivity contribution in [2.75, 3.05) is 5.43 Å². The van der Waals surface area contributed by atoms with Gasteiger partial charge in [0.2, 0.25) is 0 Å². The molecule has 0 saturated carbocycles. The number of hydrogen-bond acceptors (Lipinski definition) is 3. The standard InChI is InChI=1S/C12H11N3/c1-2-6-11(7-3-1)15-14-10-12-8-4-5-9-13-12/h1-10,15H/b14-10-. The van der Waals surface area contributed by atoms with Crippen LogP contribution in [-0.2, 0) is 0 Å². The molecule has 0 aliphatic carbocycles. The van der Waals surface area contributed by atoms with E-state index in [9.17, 15) is 0 Å². The average Bonchev–Trinajstić information content (AvgIpc) is 2.32. The maximum Gasteiger partial charge on any atom is 0.0830 e. The van der Waals surface area contributed by atoms with Crippen LogP contribution in [0, 0.1) is 0 Å². The molecule has 0 spiro atoms. The number of hydrazone groups is 1. The summed E-state index contributed by atoms with van der Waals surface area (Å²) in [5.41, 5.74) is 4.72. The number of aromatic nitrogens is 1. The number of hydrogen-bond donors (Lipinski definition) is 1. The Bertz CT molecular complexity index is 423. The third-order valence-electron chi connectivity index (χ3n) is 1.85. The smallest absolute Gasteiger partial charge is 0.0830 e. The first-order chi connectivity index (χ1) is 7.45. The van der Waals surface area contributed by atoms with Crippen LogP contribution in [0.25, 0.3) is 0 Å². The second kappa shape index (κ2) is 4.91. The van der Waals surface area contributed by atoms with Gasteiger partial charge in [0.05, 0.1) is 17.6 Å². The second-order valence-electron chi connectivity index (χ2n) is 2.99. The summed E-state index contributed by atoms with van der Waals surface area (Å²) < 4.78 is 0. The van der Waals surface area contributed by atoms with Crippen molar-refractivity contribution in [1.29, 1.82) is 0 Å². The zero-order valence-corrected chi connectivity index (χ0v) is 8.17. The summed E-state index contributed by atoms with van der Waals surface area (Å²) in [7, 11) is 0. The topological polar surface area (TPSA) is 37.3 Å². The summed E-state index contributed by atoms with van der Waals surface area (Å²) in [5.74, 6) is 0. The Morgan fingerprint density at radius 2 is 1.80 bits per heavy atom. The predicted molar refractivity (Wildman–Crippen MR) is 61.9 cm³/mol. The quantitative estimate of drug-likeness (QED) is 0.606. The van der Waals surface area contributed by atoms with Crippen molar-refractivity contribution in [2.24, 2.45) is 5.10 Å². The Hall–Kier alpha value is -2.16. The Morgan fingerprint density at radius 3 is 2.53 bits per heavy atom. The number of rotatable bonds is 3. The molecule has 0 radical (unpaired) electrons. The van der Waals surface area contributed by atoms with E-state index in [1.807, 2.05) is 48.5 Å². The first-order valence-electron chi connectivity index (χ1n) is 4.70. The number of benzene rings is 1. The minimum absolute atomic E-state index is 0.834. The molecule has 1 N–H and O–H groups in total. The molecule has 15 heavy (non-hydrogen) atoms. The van der Waals surface area contributed by atoms with Crippen molar-refractivity contribution < 1.29 is 0 Å². The maximum absolute atomic E-state index is 4.12. The maximum atomic E-state index is 4.12. The molecule has 3 heteroatoms. The van der Waals surface area contributed by atoms with Crippen molar-refractivity contribution in [3.63, 3.8) is 0 Å². The number of nitrogens with zero attached hydrogens (tertiary/aromatic N) is 2. The molecule has 0 atom stereocenters. The highest BCUT2D eigenvalue weighted by Gasteiger charge is 1.86. The minimum Gasteiger partial charge on any atom is -0.278 e.